The Morgan fingerprint density at radius 3 is 2.44 bits per heavy atom. The molecule has 0 bridgehead atoms. The summed E-state index contributed by atoms with van der Waals surface area (Å²) in [6, 6.07) is 7.53. The Kier molecular flexibility index (Phi) is 4.83. The first-order valence-corrected chi connectivity index (χ1v) is 5.50. The molecule has 1 aromatic carbocycles. The van der Waals surface area contributed by atoms with Crippen LogP contribution in [0.3, 0.4) is 0 Å². The van der Waals surface area contributed by atoms with Crippen LogP contribution in [0.15, 0.2) is 24.3 Å². The maximum absolute atomic E-state index is 11.3. The highest BCUT2D eigenvalue weighted by Gasteiger charge is 2.10. The van der Waals surface area contributed by atoms with E-state index in [2.05, 4.69) is 0 Å². The normalized spacial score (nSPS) is 11.9. The smallest absolute Gasteiger partial charge is 0.306 e. The number of carbonyl (C=O) groups excluding carboxylic acids is 1. The number of hydrogen-bond acceptors (Lipinski definition) is 3. The van der Waals surface area contributed by atoms with Gasteiger partial charge < -0.3 is 9.47 Å². The van der Waals surface area contributed by atoms with Gasteiger partial charge in [-0.1, -0.05) is 19.1 Å². The minimum atomic E-state index is -0.204. The van der Waals surface area contributed by atoms with Gasteiger partial charge in [0.2, 0.25) is 0 Å². The lowest BCUT2D eigenvalue weighted by atomic mass is 10.1. The van der Waals surface area contributed by atoms with Crippen LogP contribution in [-0.4, -0.2) is 13.1 Å². The fraction of sp³-hybridized carbons (Fsp3) is 0.462. The van der Waals surface area contributed by atoms with Crippen molar-refractivity contribution in [3.05, 3.63) is 29.8 Å². The van der Waals surface area contributed by atoms with Gasteiger partial charge in [0, 0.05) is 6.42 Å². The molecule has 0 aliphatic carbocycles. The molecule has 1 atom stereocenters. The molecule has 3 nitrogen and oxygen atoms in total. The maximum Gasteiger partial charge on any atom is 0.306 e. The van der Waals surface area contributed by atoms with Gasteiger partial charge in [-0.15, -0.1) is 0 Å². The zero-order valence-electron chi connectivity index (χ0n) is 10.0. The molecule has 0 saturated heterocycles. The lowest BCUT2D eigenvalue weighted by Crippen LogP contribution is -2.08. The molecule has 0 spiro atoms. The van der Waals surface area contributed by atoms with Crippen LogP contribution in [0, 0.1) is 0 Å². The van der Waals surface area contributed by atoms with Crippen LogP contribution in [0.4, 0.5) is 0 Å². The molecule has 88 valence electrons. The van der Waals surface area contributed by atoms with E-state index in [1.165, 1.54) is 0 Å². The number of rotatable bonds is 5. The summed E-state index contributed by atoms with van der Waals surface area (Å²) in [5, 5.41) is 0. The van der Waals surface area contributed by atoms with Crippen molar-refractivity contribution in [2.24, 2.45) is 0 Å². The molecule has 1 aromatic rings. The van der Waals surface area contributed by atoms with Crippen LogP contribution in [0.5, 0.6) is 5.75 Å². The first-order chi connectivity index (χ1) is 7.67. The number of benzene rings is 1. The Bertz CT molecular complexity index is 330. The molecule has 0 radical (unpaired) electrons. The fourth-order valence-corrected chi connectivity index (χ4v) is 1.40. The standard InChI is InChI=1S/C13H18O3/c1-4-5-13(14)16-10(2)11-6-8-12(15-3)9-7-11/h6-10H,4-5H2,1-3H3. The van der Waals surface area contributed by atoms with Crippen LogP contribution in [0.1, 0.15) is 38.4 Å². The molecule has 0 N–H and O–H groups in total. The summed E-state index contributed by atoms with van der Waals surface area (Å²) in [6.45, 7) is 3.83. The zero-order chi connectivity index (χ0) is 12.0. The molecule has 0 heterocycles. The van der Waals surface area contributed by atoms with Gasteiger partial charge in [-0.2, -0.15) is 0 Å². The predicted molar refractivity (Wildman–Crippen MR) is 62.4 cm³/mol. The van der Waals surface area contributed by atoms with Gasteiger partial charge in [-0.3, -0.25) is 4.79 Å². The Morgan fingerprint density at radius 1 is 1.31 bits per heavy atom. The van der Waals surface area contributed by atoms with Gasteiger partial charge in [0.25, 0.3) is 0 Å². The van der Waals surface area contributed by atoms with Crippen molar-refractivity contribution >= 4 is 5.97 Å². The van der Waals surface area contributed by atoms with Crippen molar-refractivity contribution < 1.29 is 14.3 Å². The van der Waals surface area contributed by atoms with E-state index in [-0.39, 0.29) is 12.1 Å². The Balaban J connectivity index is 2.58. The van der Waals surface area contributed by atoms with Crippen LogP contribution in [0.2, 0.25) is 0 Å². The van der Waals surface area contributed by atoms with Gasteiger partial charge in [0.1, 0.15) is 11.9 Å². The SMILES string of the molecule is CCCC(=O)OC(C)c1ccc(OC)cc1. The van der Waals surface area contributed by atoms with E-state index >= 15 is 0 Å². The van der Waals surface area contributed by atoms with Gasteiger partial charge in [-0.25, -0.2) is 0 Å². The third kappa shape index (κ3) is 3.57. The van der Waals surface area contributed by atoms with Gasteiger partial charge >= 0.3 is 5.97 Å². The maximum atomic E-state index is 11.3. The Hall–Kier alpha value is -1.51. The highest BCUT2D eigenvalue weighted by atomic mass is 16.5. The minimum Gasteiger partial charge on any atom is -0.497 e. The molecule has 0 aromatic heterocycles. The monoisotopic (exact) mass is 222 g/mol. The van der Waals surface area contributed by atoms with E-state index in [4.69, 9.17) is 9.47 Å². The van der Waals surface area contributed by atoms with E-state index in [0.717, 1.165) is 17.7 Å². The van der Waals surface area contributed by atoms with Crippen molar-refractivity contribution in [3.63, 3.8) is 0 Å². The lowest BCUT2D eigenvalue weighted by molar-refractivity contribution is -0.148. The molecular formula is C13H18O3. The number of carbonyl (C=O) groups is 1. The quantitative estimate of drug-likeness (QED) is 0.718. The Morgan fingerprint density at radius 2 is 1.94 bits per heavy atom. The second kappa shape index (κ2) is 6.16. The molecule has 16 heavy (non-hydrogen) atoms. The lowest BCUT2D eigenvalue weighted by Gasteiger charge is -2.13. The van der Waals surface area contributed by atoms with Gasteiger partial charge in [0.15, 0.2) is 0 Å². The molecular weight excluding hydrogens is 204 g/mol. The average Bonchev–Trinajstić information content (AvgIpc) is 2.29. The van der Waals surface area contributed by atoms with Crippen molar-refractivity contribution in [2.45, 2.75) is 32.8 Å². The van der Waals surface area contributed by atoms with Crippen molar-refractivity contribution in [1.82, 2.24) is 0 Å². The van der Waals surface area contributed by atoms with E-state index in [9.17, 15) is 4.79 Å². The van der Waals surface area contributed by atoms with Crippen molar-refractivity contribution in [3.8, 4) is 5.75 Å². The molecule has 0 amide bonds. The number of esters is 1. The molecule has 3 heteroatoms. The van der Waals surface area contributed by atoms with E-state index in [1.807, 2.05) is 38.1 Å². The second-order valence-electron chi connectivity index (χ2n) is 3.66. The number of hydrogen-bond donors (Lipinski definition) is 0. The third-order valence-corrected chi connectivity index (χ3v) is 2.35. The molecule has 0 saturated carbocycles. The first kappa shape index (κ1) is 12.6. The number of ether oxygens (including phenoxy) is 2. The summed E-state index contributed by atoms with van der Waals surface area (Å²) >= 11 is 0. The van der Waals surface area contributed by atoms with Crippen molar-refractivity contribution in [2.75, 3.05) is 7.11 Å². The summed E-state index contributed by atoms with van der Waals surface area (Å²) in [4.78, 5) is 11.3. The van der Waals surface area contributed by atoms with Crippen LogP contribution >= 0.6 is 0 Å². The van der Waals surface area contributed by atoms with E-state index in [1.54, 1.807) is 7.11 Å². The van der Waals surface area contributed by atoms with Crippen LogP contribution < -0.4 is 4.74 Å². The van der Waals surface area contributed by atoms with Crippen LogP contribution in [0.25, 0.3) is 0 Å². The summed E-state index contributed by atoms with van der Waals surface area (Å²) in [7, 11) is 1.62. The van der Waals surface area contributed by atoms with Crippen LogP contribution in [-0.2, 0) is 9.53 Å². The summed E-state index contributed by atoms with van der Waals surface area (Å²) in [5.74, 6) is 0.654. The minimum absolute atomic E-state index is 0.147. The Labute approximate surface area is 96.4 Å². The van der Waals surface area contributed by atoms with Gasteiger partial charge in [-0.05, 0) is 31.0 Å². The van der Waals surface area contributed by atoms with Gasteiger partial charge in [0.05, 0.1) is 7.11 Å². The highest BCUT2D eigenvalue weighted by Crippen LogP contribution is 2.20. The molecule has 1 unspecified atom stereocenters. The highest BCUT2D eigenvalue weighted by molar-refractivity contribution is 5.69. The number of methoxy groups -OCH3 is 1. The molecule has 1 rings (SSSR count). The second-order valence-corrected chi connectivity index (χ2v) is 3.66. The summed E-state index contributed by atoms with van der Waals surface area (Å²) in [5.41, 5.74) is 0.977. The molecule has 0 aliphatic rings. The molecule has 0 aliphatic heterocycles. The fourth-order valence-electron chi connectivity index (χ4n) is 1.40. The predicted octanol–water partition coefficient (Wildman–Crippen LogP) is 3.10. The zero-order valence-corrected chi connectivity index (χ0v) is 10.0. The van der Waals surface area contributed by atoms with Crippen molar-refractivity contribution in [1.29, 1.82) is 0 Å². The first-order valence-electron chi connectivity index (χ1n) is 5.50. The topological polar surface area (TPSA) is 35.5 Å². The average molecular weight is 222 g/mol. The summed E-state index contributed by atoms with van der Waals surface area (Å²) in [6.07, 6.45) is 1.08. The third-order valence-electron chi connectivity index (χ3n) is 2.35. The molecule has 0 fully saturated rings. The largest absolute Gasteiger partial charge is 0.497 e. The summed E-state index contributed by atoms with van der Waals surface area (Å²) < 4.78 is 10.3. The van der Waals surface area contributed by atoms with E-state index < -0.39 is 0 Å². The van der Waals surface area contributed by atoms with E-state index in [0.29, 0.717) is 6.42 Å².